The maximum atomic E-state index is 13.4. The average Bonchev–Trinajstić information content (AvgIpc) is 3.47. The SMILES string of the molecule is CCC(CC1C[C@@H]1C)C(C)NC(=O)c1onc(OCC(C)(C)C(=O)N2CCNCC2)c1Sc1ccccc1. The van der Waals surface area contributed by atoms with Crippen molar-refractivity contribution in [2.24, 2.45) is 23.2 Å². The summed E-state index contributed by atoms with van der Waals surface area (Å²) in [4.78, 5) is 29.9. The van der Waals surface area contributed by atoms with Crippen LogP contribution in [0.5, 0.6) is 5.88 Å². The van der Waals surface area contributed by atoms with Crippen molar-refractivity contribution in [2.45, 2.75) is 69.7 Å². The number of nitrogens with one attached hydrogen (secondary N) is 2. The Balaban J connectivity index is 1.48. The van der Waals surface area contributed by atoms with Gasteiger partial charge in [0.05, 0.1) is 5.41 Å². The Labute approximate surface area is 230 Å². The Morgan fingerprint density at radius 3 is 2.58 bits per heavy atom. The van der Waals surface area contributed by atoms with E-state index < -0.39 is 5.41 Å². The second-order valence-corrected chi connectivity index (χ2v) is 12.5. The van der Waals surface area contributed by atoms with Crippen molar-refractivity contribution in [3.63, 3.8) is 0 Å². The summed E-state index contributed by atoms with van der Waals surface area (Å²) in [7, 11) is 0. The zero-order chi connectivity index (χ0) is 27.3. The molecular weight excluding hydrogens is 500 g/mol. The third kappa shape index (κ3) is 7.11. The van der Waals surface area contributed by atoms with Gasteiger partial charge in [-0.15, -0.1) is 0 Å². The van der Waals surface area contributed by atoms with Gasteiger partial charge in [0.15, 0.2) is 0 Å². The standard InChI is InChI=1S/C29H42N4O4S/c1-6-21(17-22-16-19(22)2)20(3)31-26(34)24-25(38-23-10-8-7-9-11-23)27(32-37-24)36-18-29(4,5)28(35)33-14-12-30-13-15-33/h7-11,19-22,30H,6,12-18H2,1-5H3,(H,31,34)/t19-,20?,21?,22?/m0/s1. The molecule has 1 aliphatic heterocycles. The lowest BCUT2D eigenvalue weighted by Crippen LogP contribution is -2.51. The fraction of sp³-hybridized carbons (Fsp3) is 0.621. The molecule has 1 saturated heterocycles. The van der Waals surface area contributed by atoms with E-state index in [-0.39, 0.29) is 36.1 Å². The van der Waals surface area contributed by atoms with Gasteiger partial charge in [0.25, 0.3) is 11.8 Å². The molecule has 0 radical (unpaired) electrons. The molecule has 2 fully saturated rings. The van der Waals surface area contributed by atoms with Gasteiger partial charge in [0.2, 0.25) is 11.7 Å². The van der Waals surface area contributed by atoms with Gasteiger partial charge in [-0.1, -0.05) is 50.2 Å². The number of rotatable bonds is 12. The normalized spacial score (nSPS) is 21.0. The molecule has 1 aromatic heterocycles. The van der Waals surface area contributed by atoms with E-state index in [2.05, 4.69) is 36.6 Å². The molecule has 9 heteroatoms. The molecule has 1 aliphatic carbocycles. The first-order valence-corrected chi connectivity index (χ1v) is 14.7. The molecule has 4 rings (SSSR count). The Bertz CT molecular complexity index is 1080. The summed E-state index contributed by atoms with van der Waals surface area (Å²) in [6.07, 6.45) is 3.42. The van der Waals surface area contributed by atoms with Crippen LogP contribution in [0.4, 0.5) is 0 Å². The summed E-state index contributed by atoms with van der Waals surface area (Å²) in [5, 5.41) is 10.6. The molecule has 4 atom stereocenters. The summed E-state index contributed by atoms with van der Waals surface area (Å²) in [6, 6.07) is 9.78. The summed E-state index contributed by atoms with van der Waals surface area (Å²) >= 11 is 1.38. The average molecular weight is 543 g/mol. The van der Waals surface area contributed by atoms with Crippen LogP contribution in [0.15, 0.2) is 44.6 Å². The fourth-order valence-corrected chi connectivity index (χ4v) is 5.97. The number of hydrogen-bond acceptors (Lipinski definition) is 7. The highest BCUT2D eigenvalue weighted by Crippen LogP contribution is 2.44. The molecule has 1 saturated carbocycles. The van der Waals surface area contributed by atoms with Crippen LogP contribution in [0.3, 0.4) is 0 Å². The van der Waals surface area contributed by atoms with Crippen LogP contribution in [0.1, 0.15) is 64.4 Å². The van der Waals surface area contributed by atoms with Crippen LogP contribution in [0.2, 0.25) is 0 Å². The molecule has 208 valence electrons. The summed E-state index contributed by atoms with van der Waals surface area (Å²) in [6.45, 7) is 13.4. The Hall–Kier alpha value is -2.52. The molecule has 2 aliphatic rings. The number of hydrogen-bond donors (Lipinski definition) is 2. The van der Waals surface area contributed by atoms with E-state index in [1.165, 1.54) is 18.2 Å². The van der Waals surface area contributed by atoms with Gasteiger partial charge in [0.1, 0.15) is 11.5 Å². The van der Waals surface area contributed by atoms with Crippen LogP contribution in [-0.4, -0.2) is 60.7 Å². The van der Waals surface area contributed by atoms with E-state index >= 15 is 0 Å². The van der Waals surface area contributed by atoms with E-state index in [0.717, 1.165) is 42.7 Å². The Morgan fingerprint density at radius 1 is 1.26 bits per heavy atom. The van der Waals surface area contributed by atoms with Crippen LogP contribution in [0.25, 0.3) is 0 Å². The van der Waals surface area contributed by atoms with E-state index in [4.69, 9.17) is 9.26 Å². The quantitative estimate of drug-likeness (QED) is 0.396. The van der Waals surface area contributed by atoms with Gasteiger partial charge in [-0.3, -0.25) is 9.59 Å². The molecule has 8 nitrogen and oxygen atoms in total. The topological polar surface area (TPSA) is 96.7 Å². The number of benzene rings is 1. The van der Waals surface area contributed by atoms with Crippen LogP contribution < -0.4 is 15.4 Å². The monoisotopic (exact) mass is 542 g/mol. The second-order valence-electron chi connectivity index (χ2n) is 11.4. The largest absolute Gasteiger partial charge is 0.474 e. The van der Waals surface area contributed by atoms with Crippen molar-refractivity contribution in [3.8, 4) is 5.88 Å². The van der Waals surface area contributed by atoms with Crippen molar-refractivity contribution in [1.82, 2.24) is 20.7 Å². The molecule has 2 N–H and O–H groups in total. The highest BCUT2D eigenvalue weighted by Gasteiger charge is 2.37. The molecule has 2 heterocycles. The van der Waals surface area contributed by atoms with Gasteiger partial charge >= 0.3 is 0 Å². The zero-order valence-electron chi connectivity index (χ0n) is 23.3. The van der Waals surface area contributed by atoms with Crippen LogP contribution in [-0.2, 0) is 4.79 Å². The number of nitrogens with zero attached hydrogens (tertiary/aromatic N) is 2. The van der Waals surface area contributed by atoms with E-state index in [1.54, 1.807) is 0 Å². The first-order valence-electron chi connectivity index (χ1n) is 13.9. The van der Waals surface area contributed by atoms with Crippen LogP contribution >= 0.6 is 11.8 Å². The number of carbonyl (C=O) groups is 2. The molecular formula is C29H42N4O4S. The maximum Gasteiger partial charge on any atom is 0.291 e. The van der Waals surface area contributed by atoms with E-state index in [1.807, 2.05) is 49.1 Å². The Kier molecular flexibility index (Phi) is 9.41. The highest BCUT2D eigenvalue weighted by molar-refractivity contribution is 7.99. The number of ether oxygens (including phenoxy) is 1. The molecule has 2 aromatic rings. The molecule has 2 amide bonds. The van der Waals surface area contributed by atoms with Gasteiger partial charge in [-0.25, -0.2) is 0 Å². The van der Waals surface area contributed by atoms with Crippen molar-refractivity contribution < 1.29 is 18.8 Å². The fourth-order valence-electron chi connectivity index (χ4n) is 5.04. The zero-order valence-corrected chi connectivity index (χ0v) is 24.1. The lowest BCUT2D eigenvalue weighted by atomic mass is 9.91. The smallest absolute Gasteiger partial charge is 0.291 e. The predicted molar refractivity (Wildman–Crippen MR) is 148 cm³/mol. The number of carbonyl (C=O) groups excluding carboxylic acids is 2. The minimum Gasteiger partial charge on any atom is -0.474 e. The van der Waals surface area contributed by atoms with Crippen LogP contribution in [0, 0.1) is 23.2 Å². The summed E-state index contributed by atoms with van der Waals surface area (Å²) in [5.41, 5.74) is -0.754. The second kappa shape index (κ2) is 12.6. The lowest BCUT2D eigenvalue weighted by molar-refractivity contribution is -0.142. The predicted octanol–water partition coefficient (Wildman–Crippen LogP) is 4.85. The molecule has 0 bridgehead atoms. The summed E-state index contributed by atoms with van der Waals surface area (Å²) < 4.78 is 11.7. The minimum absolute atomic E-state index is 0.0138. The van der Waals surface area contributed by atoms with E-state index in [9.17, 15) is 9.59 Å². The lowest BCUT2D eigenvalue weighted by Gasteiger charge is -2.34. The Morgan fingerprint density at radius 2 is 1.95 bits per heavy atom. The van der Waals surface area contributed by atoms with Crippen molar-refractivity contribution in [3.05, 3.63) is 36.1 Å². The molecule has 38 heavy (non-hydrogen) atoms. The third-order valence-corrected chi connectivity index (χ3v) is 8.89. The van der Waals surface area contributed by atoms with Crippen molar-refractivity contribution >= 4 is 23.6 Å². The van der Waals surface area contributed by atoms with Crippen molar-refractivity contribution in [1.29, 1.82) is 0 Å². The van der Waals surface area contributed by atoms with Gasteiger partial charge in [-0.2, -0.15) is 0 Å². The van der Waals surface area contributed by atoms with E-state index in [0.29, 0.717) is 23.9 Å². The first kappa shape index (κ1) is 28.5. The molecule has 0 spiro atoms. The maximum absolute atomic E-state index is 13.4. The molecule has 1 aromatic carbocycles. The van der Waals surface area contributed by atoms with Gasteiger partial charge < -0.3 is 24.8 Å². The minimum atomic E-state index is -0.754. The first-order chi connectivity index (χ1) is 18.2. The highest BCUT2D eigenvalue weighted by atomic mass is 32.2. The van der Waals surface area contributed by atoms with Gasteiger partial charge in [-0.05, 0) is 68.7 Å². The molecule has 3 unspecified atom stereocenters. The number of aromatic nitrogens is 1. The number of piperazine rings is 1. The van der Waals surface area contributed by atoms with Gasteiger partial charge in [0, 0.05) is 37.1 Å². The number of amides is 2. The van der Waals surface area contributed by atoms with Crippen molar-refractivity contribution in [2.75, 3.05) is 32.8 Å². The summed E-state index contributed by atoms with van der Waals surface area (Å²) in [5.74, 6) is 2.09. The third-order valence-electron chi connectivity index (χ3n) is 7.81.